The molecule has 0 unspecified atom stereocenters. The van der Waals surface area contributed by atoms with Gasteiger partial charge in [-0.05, 0) is 71.3 Å². The summed E-state index contributed by atoms with van der Waals surface area (Å²) >= 11 is 1.56. The highest BCUT2D eigenvalue weighted by Gasteiger charge is 2.12. The Balaban J connectivity index is 1.47. The molecule has 0 fully saturated rings. The molecule has 0 radical (unpaired) electrons. The molecule has 1 heterocycles. The van der Waals surface area contributed by atoms with Gasteiger partial charge < -0.3 is 5.32 Å². The second kappa shape index (κ2) is 8.92. The largest absolute Gasteiger partial charge is 0.322 e. The minimum atomic E-state index is -0.148. The lowest BCUT2D eigenvalue weighted by molar-refractivity contribution is 0.102. The molecule has 7 heteroatoms. The number of hydrogen-bond acceptors (Lipinski definition) is 5. The zero-order valence-electron chi connectivity index (χ0n) is 16.7. The standard InChI is InChI=1S/C23H21N5OS/c1-16-7-6-10-21(17(16)2)24-22(29)19-11-13-20(14-12-19)28-23(25-26-27-28)30-15-18-8-4-3-5-9-18/h3-14H,15H2,1-2H3,(H,24,29). The topological polar surface area (TPSA) is 72.7 Å². The van der Waals surface area contributed by atoms with Crippen molar-refractivity contribution in [2.75, 3.05) is 5.32 Å². The lowest BCUT2D eigenvalue weighted by atomic mass is 10.1. The van der Waals surface area contributed by atoms with Crippen molar-refractivity contribution in [3.05, 3.63) is 95.1 Å². The van der Waals surface area contributed by atoms with Gasteiger partial charge >= 0.3 is 0 Å². The molecule has 0 spiro atoms. The lowest BCUT2D eigenvalue weighted by Crippen LogP contribution is -2.13. The summed E-state index contributed by atoms with van der Waals surface area (Å²) in [6.45, 7) is 4.03. The van der Waals surface area contributed by atoms with Gasteiger partial charge in [-0.2, -0.15) is 4.68 Å². The highest BCUT2D eigenvalue weighted by molar-refractivity contribution is 7.98. The number of benzene rings is 3. The van der Waals surface area contributed by atoms with Gasteiger partial charge in [-0.3, -0.25) is 4.79 Å². The zero-order chi connectivity index (χ0) is 20.9. The average Bonchev–Trinajstić information content (AvgIpc) is 3.25. The molecule has 30 heavy (non-hydrogen) atoms. The van der Waals surface area contributed by atoms with Crippen LogP contribution < -0.4 is 5.32 Å². The maximum atomic E-state index is 12.6. The number of carbonyl (C=O) groups excluding carboxylic acids is 1. The van der Waals surface area contributed by atoms with E-state index in [1.165, 1.54) is 5.56 Å². The monoisotopic (exact) mass is 415 g/mol. The van der Waals surface area contributed by atoms with E-state index in [1.807, 2.05) is 62.4 Å². The van der Waals surface area contributed by atoms with Crippen LogP contribution in [0.5, 0.6) is 0 Å². The number of anilines is 1. The molecule has 150 valence electrons. The first-order chi connectivity index (χ1) is 14.6. The Morgan fingerprint density at radius 3 is 2.50 bits per heavy atom. The second-order valence-corrected chi connectivity index (χ2v) is 7.84. The van der Waals surface area contributed by atoms with Crippen LogP contribution in [0.4, 0.5) is 5.69 Å². The quantitative estimate of drug-likeness (QED) is 0.457. The molecule has 3 aromatic carbocycles. The Morgan fingerprint density at radius 1 is 0.967 bits per heavy atom. The van der Waals surface area contributed by atoms with Crippen LogP contribution in [0, 0.1) is 13.8 Å². The Labute approximate surface area is 179 Å². The van der Waals surface area contributed by atoms with Gasteiger partial charge in [0.2, 0.25) is 5.16 Å². The molecule has 4 rings (SSSR count). The number of aromatic nitrogens is 4. The first-order valence-corrected chi connectivity index (χ1v) is 10.5. The molecular formula is C23H21N5OS. The van der Waals surface area contributed by atoms with E-state index in [-0.39, 0.29) is 5.91 Å². The summed E-state index contributed by atoms with van der Waals surface area (Å²) in [6, 6.07) is 23.3. The molecule has 1 aromatic heterocycles. The van der Waals surface area contributed by atoms with Crippen molar-refractivity contribution >= 4 is 23.4 Å². The highest BCUT2D eigenvalue weighted by Crippen LogP contribution is 2.23. The molecule has 0 aliphatic rings. The second-order valence-electron chi connectivity index (χ2n) is 6.90. The minimum Gasteiger partial charge on any atom is -0.322 e. The van der Waals surface area contributed by atoms with Crippen LogP contribution in [-0.4, -0.2) is 26.1 Å². The van der Waals surface area contributed by atoms with Crippen molar-refractivity contribution in [2.24, 2.45) is 0 Å². The van der Waals surface area contributed by atoms with Crippen LogP contribution in [0.25, 0.3) is 5.69 Å². The molecule has 1 N–H and O–H groups in total. The van der Waals surface area contributed by atoms with Gasteiger partial charge in [-0.25, -0.2) is 0 Å². The van der Waals surface area contributed by atoms with Gasteiger partial charge in [-0.1, -0.05) is 54.2 Å². The van der Waals surface area contributed by atoms with Crippen molar-refractivity contribution in [3.8, 4) is 5.69 Å². The number of aryl methyl sites for hydroxylation is 1. The molecule has 4 aromatic rings. The fraction of sp³-hybridized carbons (Fsp3) is 0.130. The van der Waals surface area contributed by atoms with Crippen LogP contribution >= 0.6 is 11.8 Å². The third-order valence-electron chi connectivity index (χ3n) is 4.88. The molecule has 0 saturated carbocycles. The maximum Gasteiger partial charge on any atom is 0.255 e. The van der Waals surface area contributed by atoms with E-state index in [0.717, 1.165) is 28.3 Å². The number of carbonyl (C=O) groups is 1. The summed E-state index contributed by atoms with van der Waals surface area (Å²) < 4.78 is 1.68. The van der Waals surface area contributed by atoms with Crippen molar-refractivity contribution in [1.29, 1.82) is 0 Å². The van der Waals surface area contributed by atoms with Crippen LogP contribution in [-0.2, 0) is 5.75 Å². The summed E-state index contributed by atoms with van der Waals surface area (Å²) in [5, 5.41) is 15.7. The lowest BCUT2D eigenvalue weighted by Gasteiger charge is -2.11. The highest BCUT2D eigenvalue weighted by atomic mass is 32.2. The molecular weight excluding hydrogens is 394 g/mol. The van der Waals surface area contributed by atoms with Crippen molar-refractivity contribution in [1.82, 2.24) is 20.2 Å². The van der Waals surface area contributed by atoms with E-state index in [0.29, 0.717) is 10.7 Å². The summed E-state index contributed by atoms with van der Waals surface area (Å²) in [7, 11) is 0. The fourth-order valence-electron chi connectivity index (χ4n) is 2.99. The minimum absolute atomic E-state index is 0.148. The molecule has 0 saturated heterocycles. The number of nitrogens with zero attached hydrogens (tertiary/aromatic N) is 4. The van der Waals surface area contributed by atoms with E-state index in [4.69, 9.17) is 0 Å². The van der Waals surface area contributed by atoms with Crippen molar-refractivity contribution in [3.63, 3.8) is 0 Å². The zero-order valence-corrected chi connectivity index (χ0v) is 17.6. The first kappa shape index (κ1) is 19.8. The summed E-state index contributed by atoms with van der Waals surface area (Å²) in [5.41, 5.74) is 5.61. The van der Waals surface area contributed by atoms with Crippen molar-refractivity contribution in [2.45, 2.75) is 24.8 Å². The fourth-order valence-corrected chi connectivity index (χ4v) is 3.83. The Kier molecular flexibility index (Phi) is 5.90. The van der Waals surface area contributed by atoms with Gasteiger partial charge in [0.15, 0.2) is 0 Å². The van der Waals surface area contributed by atoms with E-state index in [2.05, 4.69) is 33.0 Å². The third-order valence-corrected chi connectivity index (χ3v) is 5.87. The van der Waals surface area contributed by atoms with Crippen LogP contribution in [0.1, 0.15) is 27.0 Å². The smallest absolute Gasteiger partial charge is 0.255 e. The predicted octanol–water partition coefficient (Wildman–Crippen LogP) is 4.82. The number of thioether (sulfide) groups is 1. The number of nitrogens with one attached hydrogen (secondary N) is 1. The van der Waals surface area contributed by atoms with Gasteiger partial charge in [-0.15, -0.1) is 5.10 Å². The Morgan fingerprint density at radius 2 is 1.73 bits per heavy atom. The molecule has 6 nitrogen and oxygen atoms in total. The van der Waals surface area contributed by atoms with Crippen LogP contribution in [0.2, 0.25) is 0 Å². The van der Waals surface area contributed by atoms with Gasteiger partial charge in [0.05, 0.1) is 5.69 Å². The molecule has 0 aliphatic heterocycles. The number of rotatable bonds is 6. The van der Waals surface area contributed by atoms with E-state index >= 15 is 0 Å². The van der Waals surface area contributed by atoms with Crippen LogP contribution in [0.15, 0.2) is 78.0 Å². The molecule has 1 amide bonds. The average molecular weight is 416 g/mol. The summed E-state index contributed by atoms with van der Waals surface area (Å²) in [5.74, 6) is 0.628. The number of tetrazole rings is 1. The Bertz CT molecular complexity index is 1160. The molecule has 0 bridgehead atoms. The number of hydrogen-bond donors (Lipinski definition) is 1. The van der Waals surface area contributed by atoms with E-state index in [1.54, 1.807) is 28.6 Å². The molecule has 0 atom stereocenters. The third kappa shape index (κ3) is 4.41. The van der Waals surface area contributed by atoms with E-state index < -0.39 is 0 Å². The SMILES string of the molecule is Cc1cccc(NC(=O)c2ccc(-n3nnnc3SCc3ccccc3)cc2)c1C. The summed E-state index contributed by atoms with van der Waals surface area (Å²) in [4.78, 5) is 12.6. The Hall–Kier alpha value is -3.45. The normalized spacial score (nSPS) is 10.7. The first-order valence-electron chi connectivity index (χ1n) is 9.55. The van der Waals surface area contributed by atoms with Gasteiger partial charge in [0.25, 0.3) is 5.91 Å². The van der Waals surface area contributed by atoms with Crippen LogP contribution in [0.3, 0.4) is 0 Å². The summed E-state index contributed by atoms with van der Waals surface area (Å²) in [6.07, 6.45) is 0. The van der Waals surface area contributed by atoms with E-state index in [9.17, 15) is 4.79 Å². The predicted molar refractivity (Wildman–Crippen MR) is 119 cm³/mol. The maximum absolute atomic E-state index is 12.6. The van der Waals surface area contributed by atoms with Crippen molar-refractivity contribution < 1.29 is 4.79 Å². The van der Waals surface area contributed by atoms with Gasteiger partial charge in [0, 0.05) is 17.0 Å². The number of amides is 1. The van der Waals surface area contributed by atoms with Gasteiger partial charge in [0.1, 0.15) is 0 Å². The molecule has 0 aliphatic carbocycles.